The van der Waals surface area contributed by atoms with Crippen LogP contribution in [0.5, 0.6) is 11.5 Å². The number of hydrogen-bond acceptors (Lipinski definition) is 5. The summed E-state index contributed by atoms with van der Waals surface area (Å²) in [4.78, 5) is 5.26. The molecule has 4 aliphatic rings. The first-order chi connectivity index (χ1) is 14.2. The summed E-state index contributed by atoms with van der Waals surface area (Å²) in [5.41, 5.74) is 2.54. The van der Waals surface area contributed by atoms with Crippen molar-refractivity contribution >= 4 is 12.4 Å². The first-order valence-corrected chi connectivity index (χ1v) is 11.4. The molecule has 30 heavy (non-hydrogen) atoms. The summed E-state index contributed by atoms with van der Waals surface area (Å²) < 4.78 is 12.0. The monoisotopic (exact) mass is 434 g/mol. The lowest BCUT2D eigenvalue weighted by atomic mass is 9.69. The SMILES string of the molecule is COc1ccc2c3c1OC1C[C@@H](O)C=CC31CCN(CCCN1CCCCC1)C2.Cl. The number of nitrogens with zero attached hydrogens (tertiary/aromatic N) is 2. The van der Waals surface area contributed by atoms with Crippen LogP contribution in [0, 0.1) is 0 Å². The van der Waals surface area contributed by atoms with E-state index in [2.05, 4.69) is 28.0 Å². The first kappa shape index (κ1) is 21.9. The number of likely N-dealkylation sites (tertiary alicyclic amines) is 1. The van der Waals surface area contributed by atoms with Gasteiger partial charge in [-0.2, -0.15) is 0 Å². The van der Waals surface area contributed by atoms with E-state index >= 15 is 0 Å². The van der Waals surface area contributed by atoms with Crippen LogP contribution in [-0.2, 0) is 12.0 Å². The third-order valence-electron chi connectivity index (χ3n) is 7.43. The lowest BCUT2D eigenvalue weighted by Gasteiger charge is -2.36. The second-order valence-corrected chi connectivity index (χ2v) is 9.22. The zero-order valence-electron chi connectivity index (χ0n) is 18.0. The van der Waals surface area contributed by atoms with E-state index in [1.165, 1.54) is 56.4 Å². The van der Waals surface area contributed by atoms with Crippen LogP contribution >= 0.6 is 12.4 Å². The molecular formula is C24H35ClN2O3. The Balaban J connectivity index is 0.00000218. The molecule has 1 N–H and O–H groups in total. The topological polar surface area (TPSA) is 45.2 Å². The average Bonchev–Trinajstić information content (AvgIpc) is 2.98. The molecule has 5 nitrogen and oxygen atoms in total. The third-order valence-corrected chi connectivity index (χ3v) is 7.43. The molecular weight excluding hydrogens is 400 g/mol. The Kier molecular flexibility index (Phi) is 6.64. The molecule has 0 radical (unpaired) electrons. The summed E-state index contributed by atoms with van der Waals surface area (Å²) in [6.45, 7) is 6.96. The number of ether oxygens (including phenoxy) is 2. The van der Waals surface area contributed by atoms with Crippen LogP contribution in [-0.4, -0.2) is 66.9 Å². The zero-order valence-corrected chi connectivity index (χ0v) is 18.8. The predicted octanol–water partition coefficient (Wildman–Crippen LogP) is 3.52. The summed E-state index contributed by atoms with van der Waals surface area (Å²) in [5, 5.41) is 10.2. The van der Waals surface area contributed by atoms with Crippen molar-refractivity contribution in [2.45, 2.75) is 62.7 Å². The molecule has 1 fully saturated rings. The van der Waals surface area contributed by atoms with Gasteiger partial charge in [-0.05, 0) is 70.0 Å². The Labute approximate surface area is 186 Å². The van der Waals surface area contributed by atoms with E-state index in [1.54, 1.807) is 7.11 Å². The van der Waals surface area contributed by atoms with Crippen LogP contribution in [0.25, 0.3) is 0 Å². The van der Waals surface area contributed by atoms with Crippen molar-refractivity contribution in [2.24, 2.45) is 0 Å². The molecule has 3 heterocycles. The third kappa shape index (κ3) is 3.86. The fraction of sp³-hybridized carbons (Fsp3) is 0.667. The average molecular weight is 435 g/mol. The van der Waals surface area contributed by atoms with Crippen molar-refractivity contribution in [2.75, 3.05) is 39.8 Å². The molecule has 1 spiro atoms. The van der Waals surface area contributed by atoms with E-state index in [0.717, 1.165) is 37.6 Å². The quantitative estimate of drug-likeness (QED) is 0.718. The minimum atomic E-state index is -0.418. The van der Waals surface area contributed by atoms with Gasteiger partial charge in [0.1, 0.15) is 6.10 Å². The van der Waals surface area contributed by atoms with Gasteiger partial charge in [-0.15, -0.1) is 12.4 Å². The van der Waals surface area contributed by atoms with Gasteiger partial charge >= 0.3 is 0 Å². The maximum Gasteiger partial charge on any atom is 0.166 e. The highest BCUT2D eigenvalue weighted by atomic mass is 35.5. The van der Waals surface area contributed by atoms with Crippen LogP contribution in [0.4, 0.5) is 0 Å². The van der Waals surface area contributed by atoms with Crippen LogP contribution < -0.4 is 9.47 Å². The highest BCUT2D eigenvalue weighted by Crippen LogP contribution is 2.55. The lowest BCUT2D eigenvalue weighted by Crippen LogP contribution is -2.43. The Morgan fingerprint density at radius 3 is 2.73 bits per heavy atom. The lowest BCUT2D eigenvalue weighted by molar-refractivity contribution is 0.0807. The number of aliphatic hydroxyl groups is 1. The second kappa shape index (κ2) is 9.07. The van der Waals surface area contributed by atoms with Crippen LogP contribution in [0.3, 0.4) is 0 Å². The van der Waals surface area contributed by atoms with E-state index in [1.807, 2.05) is 6.08 Å². The van der Waals surface area contributed by atoms with Gasteiger partial charge in [-0.25, -0.2) is 0 Å². The summed E-state index contributed by atoms with van der Waals surface area (Å²) >= 11 is 0. The minimum Gasteiger partial charge on any atom is -0.493 e. The Hall–Kier alpha value is -1.27. The van der Waals surface area contributed by atoms with Crippen LogP contribution in [0.15, 0.2) is 24.3 Å². The molecule has 2 unspecified atom stereocenters. The van der Waals surface area contributed by atoms with Crippen molar-refractivity contribution < 1.29 is 14.6 Å². The van der Waals surface area contributed by atoms with E-state index in [-0.39, 0.29) is 23.9 Å². The minimum absolute atomic E-state index is 0. The van der Waals surface area contributed by atoms with Gasteiger partial charge in [0, 0.05) is 18.5 Å². The van der Waals surface area contributed by atoms with Gasteiger partial charge in [-0.3, -0.25) is 4.90 Å². The number of piperidine rings is 1. The maximum absolute atomic E-state index is 10.2. The van der Waals surface area contributed by atoms with Crippen molar-refractivity contribution in [3.8, 4) is 11.5 Å². The Bertz CT molecular complexity index is 780. The fourth-order valence-corrected chi connectivity index (χ4v) is 5.89. The van der Waals surface area contributed by atoms with Gasteiger partial charge in [0.25, 0.3) is 0 Å². The maximum atomic E-state index is 10.2. The van der Waals surface area contributed by atoms with Crippen LogP contribution in [0.2, 0.25) is 0 Å². The van der Waals surface area contributed by atoms with Gasteiger partial charge in [0.15, 0.2) is 11.5 Å². The highest BCUT2D eigenvalue weighted by Gasteiger charge is 2.52. The first-order valence-electron chi connectivity index (χ1n) is 11.4. The highest BCUT2D eigenvalue weighted by molar-refractivity contribution is 5.85. The molecule has 1 saturated heterocycles. The molecule has 1 aromatic carbocycles. The van der Waals surface area contributed by atoms with Crippen LogP contribution in [0.1, 0.15) is 49.7 Å². The molecule has 0 saturated carbocycles. The van der Waals surface area contributed by atoms with Crippen molar-refractivity contribution in [1.82, 2.24) is 9.80 Å². The summed E-state index contributed by atoms with van der Waals surface area (Å²) in [6.07, 6.45) is 10.9. The summed E-state index contributed by atoms with van der Waals surface area (Å²) in [7, 11) is 1.71. The molecule has 6 heteroatoms. The Morgan fingerprint density at radius 2 is 1.93 bits per heavy atom. The molecule has 0 amide bonds. The predicted molar refractivity (Wildman–Crippen MR) is 121 cm³/mol. The van der Waals surface area contributed by atoms with E-state index in [9.17, 15) is 5.11 Å². The standard InChI is InChI=1S/C24H34N2O3.ClH/c1-28-20-7-6-18-17-26(14-5-13-25-11-3-2-4-12-25)15-10-24-9-8-19(27)16-21(24)29-23(20)22(18)24;/h6-9,19,21,27H,2-5,10-17H2,1H3;1H/t19-,21?,24?;/m0./s1. The Morgan fingerprint density at radius 1 is 1.13 bits per heavy atom. The molecule has 1 aliphatic carbocycles. The van der Waals surface area contributed by atoms with E-state index in [4.69, 9.17) is 9.47 Å². The van der Waals surface area contributed by atoms with Gasteiger partial charge in [-0.1, -0.05) is 24.6 Å². The normalized spacial score (nSPS) is 30.6. The fourth-order valence-electron chi connectivity index (χ4n) is 5.89. The molecule has 3 atom stereocenters. The van der Waals surface area contributed by atoms with E-state index in [0.29, 0.717) is 6.42 Å². The number of aliphatic hydroxyl groups excluding tert-OH is 1. The number of benzene rings is 1. The van der Waals surface area contributed by atoms with Gasteiger partial charge < -0.3 is 19.5 Å². The summed E-state index contributed by atoms with van der Waals surface area (Å²) in [6, 6.07) is 4.28. The molecule has 3 aliphatic heterocycles. The van der Waals surface area contributed by atoms with E-state index < -0.39 is 6.10 Å². The van der Waals surface area contributed by atoms with Gasteiger partial charge in [0.05, 0.1) is 18.6 Å². The number of halogens is 1. The second-order valence-electron chi connectivity index (χ2n) is 9.22. The molecule has 0 bridgehead atoms. The van der Waals surface area contributed by atoms with Crippen molar-refractivity contribution in [1.29, 1.82) is 0 Å². The number of methoxy groups -OCH3 is 1. The van der Waals surface area contributed by atoms with Gasteiger partial charge in [0.2, 0.25) is 0 Å². The number of rotatable bonds is 5. The molecule has 166 valence electrons. The summed E-state index contributed by atoms with van der Waals surface area (Å²) in [5.74, 6) is 1.72. The smallest absolute Gasteiger partial charge is 0.166 e. The number of hydrogen-bond donors (Lipinski definition) is 1. The zero-order chi connectivity index (χ0) is 19.8. The van der Waals surface area contributed by atoms with Crippen molar-refractivity contribution in [3.05, 3.63) is 35.4 Å². The molecule has 5 rings (SSSR count). The molecule has 0 aromatic heterocycles. The van der Waals surface area contributed by atoms with Crippen molar-refractivity contribution in [3.63, 3.8) is 0 Å². The molecule has 1 aromatic rings. The largest absolute Gasteiger partial charge is 0.493 e.